The summed E-state index contributed by atoms with van der Waals surface area (Å²) in [6.45, 7) is 0.536. The maximum atomic E-state index is 12.3. The smallest absolute Gasteiger partial charge is 0.266 e. The predicted molar refractivity (Wildman–Crippen MR) is 82.5 cm³/mol. The minimum atomic E-state index is -0.474. The molecule has 0 aliphatic carbocycles. The standard InChI is InChI=1S/C17H16ClNO2/c18-11-12-19-15(13-7-3-1-4-8-13)16(17(19)20)21-14-9-5-2-6-10-14/h1-10,15-16H,11-12H2/t15-,16+/m1/s1. The van der Waals surface area contributed by atoms with Gasteiger partial charge in [-0.15, -0.1) is 11.6 Å². The van der Waals surface area contributed by atoms with E-state index in [4.69, 9.17) is 16.3 Å². The summed E-state index contributed by atoms with van der Waals surface area (Å²) in [5.41, 5.74) is 1.07. The van der Waals surface area contributed by atoms with E-state index in [2.05, 4.69) is 0 Å². The van der Waals surface area contributed by atoms with E-state index in [9.17, 15) is 4.79 Å². The lowest BCUT2D eigenvalue weighted by atomic mass is 9.90. The molecule has 4 heteroatoms. The van der Waals surface area contributed by atoms with Gasteiger partial charge in [0.05, 0.1) is 0 Å². The first-order valence-electron chi connectivity index (χ1n) is 6.94. The zero-order valence-electron chi connectivity index (χ0n) is 11.5. The molecule has 1 fully saturated rings. The summed E-state index contributed by atoms with van der Waals surface area (Å²) in [5.74, 6) is 1.13. The number of para-hydroxylation sites is 1. The number of hydrogen-bond acceptors (Lipinski definition) is 2. The lowest BCUT2D eigenvalue weighted by Crippen LogP contribution is -2.61. The molecule has 1 aliphatic heterocycles. The van der Waals surface area contributed by atoms with Gasteiger partial charge in [-0.2, -0.15) is 0 Å². The van der Waals surface area contributed by atoms with E-state index in [1.807, 2.05) is 60.7 Å². The van der Waals surface area contributed by atoms with Gasteiger partial charge in [-0.1, -0.05) is 48.5 Å². The second kappa shape index (κ2) is 6.19. The third-order valence-electron chi connectivity index (χ3n) is 3.62. The van der Waals surface area contributed by atoms with Crippen LogP contribution in [0.2, 0.25) is 0 Å². The predicted octanol–water partition coefficient (Wildman–Crippen LogP) is 3.26. The Kier molecular flexibility index (Phi) is 4.11. The Morgan fingerprint density at radius 3 is 2.24 bits per heavy atom. The number of likely N-dealkylation sites (tertiary alicyclic amines) is 1. The van der Waals surface area contributed by atoms with Gasteiger partial charge >= 0.3 is 0 Å². The largest absolute Gasteiger partial charge is 0.478 e. The van der Waals surface area contributed by atoms with Crippen LogP contribution < -0.4 is 4.74 Å². The molecule has 0 N–H and O–H groups in total. The van der Waals surface area contributed by atoms with E-state index in [-0.39, 0.29) is 11.9 Å². The molecular weight excluding hydrogens is 286 g/mol. The van der Waals surface area contributed by atoms with Crippen molar-refractivity contribution in [3.63, 3.8) is 0 Å². The molecule has 108 valence electrons. The van der Waals surface area contributed by atoms with Crippen molar-refractivity contribution in [3.8, 4) is 5.75 Å². The van der Waals surface area contributed by atoms with Gasteiger partial charge in [0.1, 0.15) is 11.8 Å². The lowest BCUT2D eigenvalue weighted by Gasteiger charge is -2.46. The summed E-state index contributed by atoms with van der Waals surface area (Å²) in [4.78, 5) is 14.1. The topological polar surface area (TPSA) is 29.5 Å². The van der Waals surface area contributed by atoms with Crippen LogP contribution in [0.1, 0.15) is 11.6 Å². The first kappa shape index (κ1) is 14.0. The minimum Gasteiger partial charge on any atom is -0.478 e. The zero-order chi connectivity index (χ0) is 14.7. The lowest BCUT2D eigenvalue weighted by molar-refractivity contribution is -0.163. The molecule has 0 unspecified atom stereocenters. The Bertz CT molecular complexity index is 603. The molecule has 0 saturated carbocycles. The average molecular weight is 302 g/mol. The van der Waals surface area contributed by atoms with Gasteiger partial charge in [-0.05, 0) is 17.7 Å². The fraction of sp³-hybridized carbons (Fsp3) is 0.235. The summed E-state index contributed by atoms with van der Waals surface area (Å²) in [7, 11) is 0. The van der Waals surface area contributed by atoms with Crippen LogP contribution in [0, 0.1) is 0 Å². The van der Waals surface area contributed by atoms with Crippen LogP contribution in [-0.4, -0.2) is 29.3 Å². The normalized spacial score (nSPS) is 21.0. The number of nitrogens with zero attached hydrogens (tertiary/aromatic N) is 1. The molecule has 2 aromatic carbocycles. The fourth-order valence-corrected chi connectivity index (χ4v) is 2.80. The molecule has 1 aliphatic rings. The van der Waals surface area contributed by atoms with Gasteiger partial charge in [-0.3, -0.25) is 4.79 Å². The summed E-state index contributed by atoms with van der Waals surface area (Å²) >= 11 is 5.80. The number of ether oxygens (including phenoxy) is 1. The van der Waals surface area contributed by atoms with E-state index in [1.54, 1.807) is 4.90 Å². The van der Waals surface area contributed by atoms with Gasteiger partial charge in [-0.25, -0.2) is 0 Å². The highest BCUT2D eigenvalue weighted by molar-refractivity contribution is 6.18. The third kappa shape index (κ3) is 2.74. The number of benzene rings is 2. The van der Waals surface area contributed by atoms with Crippen molar-refractivity contribution in [1.29, 1.82) is 0 Å². The van der Waals surface area contributed by atoms with E-state index in [0.717, 1.165) is 5.56 Å². The van der Waals surface area contributed by atoms with Gasteiger partial charge in [0.25, 0.3) is 5.91 Å². The second-order valence-electron chi connectivity index (χ2n) is 4.93. The molecule has 0 radical (unpaired) electrons. The van der Waals surface area contributed by atoms with Crippen molar-refractivity contribution in [3.05, 3.63) is 66.2 Å². The van der Waals surface area contributed by atoms with Crippen LogP contribution in [0.5, 0.6) is 5.75 Å². The number of carbonyl (C=O) groups excluding carboxylic acids is 1. The summed E-state index contributed by atoms with van der Waals surface area (Å²) < 4.78 is 5.87. The van der Waals surface area contributed by atoms with Crippen molar-refractivity contribution in [2.75, 3.05) is 12.4 Å². The number of amides is 1. The van der Waals surface area contributed by atoms with Crippen LogP contribution in [0.15, 0.2) is 60.7 Å². The summed E-state index contributed by atoms with van der Waals surface area (Å²) in [6.07, 6.45) is -0.474. The molecule has 1 heterocycles. The Morgan fingerprint density at radius 1 is 1.00 bits per heavy atom. The molecular formula is C17H16ClNO2. The Balaban J connectivity index is 1.83. The minimum absolute atomic E-state index is 0.00615. The third-order valence-corrected chi connectivity index (χ3v) is 3.79. The first-order chi connectivity index (χ1) is 10.3. The van der Waals surface area contributed by atoms with Gasteiger partial charge < -0.3 is 9.64 Å². The van der Waals surface area contributed by atoms with Gasteiger partial charge in [0.15, 0.2) is 0 Å². The average Bonchev–Trinajstić information content (AvgIpc) is 2.55. The molecule has 0 bridgehead atoms. The molecule has 0 aromatic heterocycles. The molecule has 3 rings (SSSR count). The zero-order valence-corrected chi connectivity index (χ0v) is 12.2. The number of halogens is 1. The van der Waals surface area contributed by atoms with Crippen LogP contribution in [0.25, 0.3) is 0 Å². The number of hydrogen-bond donors (Lipinski definition) is 0. The number of β-lactam (4-membered cyclic amide) rings is 1. The SMILES string of the molecule is O=C1[C@@H](Oc2ccccc2)[C@@H](c2ccccc2)N1CCCl. The Labute approximate surface area is 129 Å². The van der Waals surface area contributed by atoms with Crippen molar-refractivity contribution >= 4 is 17.5 Å². The summed E-state index contributed by atoms with van der Waals surface area (Å²) in [5, 5.41) is 0. The highest BCUT2D eigenvalue weighted by Gasteiger charge is 2.49. The number of alkyl halides is 1. The van der Waals surface area contributed by atoms with E-state index in [1.165, 1.54) is 0 Å². The monoisotopic (exact) mass is 301 g/mol. The van der Waals surface area contributed by atoms with Crippen molar-refractivity contribution < 1.29 is 9.53 Å². The number of rotatable bonds is 5. The van der Waals surface area contributed by atoms with E-state index < -0.39 is 6.10 Å². The van der Waals surface area contributed by atoms with Crippen LogP contribution in [-0.2, 0) is 4.79 Å². The van der Waals surface area contributed by atoms with Crippen LogP contribution in [0.4, 0.5) is 0 Å². The van der Waals surface area contributed by atoms with Crippen LogP contribution in [0.3, 0.4) is 0 Å². The first-order valence-corrected chi connectivity index (χ1v) is 7.48. The Morgan fingerprint density at radius 2 is 1.62 bits per heavy atom. The molecule has 2 aromatic rings. The quantitative estimate of drug-likeness (QED) is 0.627. The van der Waals surface area contributed by atoms with Crippen molar-refractivity contribution in [2.24, 2.45) is 0 Å². The number of carbonyl (C=O) groups is 1. The molecule has 1 saturated heterocycles. The van der Waals surface area contributed by atoms with Gasteiger partial charge in [0.2, 0.25) is 6.10 Å². The molecule has 2 atom stereocenters. The fourth-order valence-electron chi connectivity index (χ4n) is 2.62. The summed E-state index contributed by atoms with van der Waals surface area (Å²) in [6, 6.07) is 19.3. The molecule has 1 amide bonds. The van der Waals surface area contributed by atoms with Crippen LogP contribution >= 0.6 is 11.6 Å². The van der Waals surface area contributed by atoms with Crippen molar-refractivity contribution in [2.45, 2.75) is 12.1 Å². The second-order valence-corrected chi connectivity index (χ2v) is 5.31. The van der Waals surface area contributed by atoms with Crippen molar-refractivity contribution in [1.82, 2.24) is 4.90 Å². The van der Waals surface area contributed by atoms with Gasteiger partial charge in [0, 0.05) is 12.4 Å². The Hall–Kier alpha value is -2.00. The molecule has 3 nitrogen and oxygen atoms in total. The molecule has 21 heavy (non-hydrogen) atoms. The maximum absolute atomic E-state index is 12.3. The van der Waals surface area contributed by atoms with E-state index >= 15 is 0 Å². The maximum Gasteiger partial charge on any atom is 0.266 e. The van der Waals surface area contributed by atoms with E-state index in [0.29, 0.717) is 18.2 Å². The molecule has 0 spiro atoms. The highest BCUT2D eigenvalue weighted by Crippen LogP contribution is 2.37. The highest BCUT2D eigenvalue weighted by atomic mass is 35.5.